The normalized spacial score (nSPS) is 21.5. The summed E-state index contributed by atoms with van der Waals surface area (Å²) < 4.78 is 23.4. The van der Waals surface area contributed by atoms with Crippen molar-refractivity contribution >= 4 is 48.4 Å². The summed E-state index contributed by atoms with van der Waals surface area (Å²) in [7, 11) is -0.751. The van der Waals surface area contributed by atoms with Crippen LogP contribution in [0.2, 0.25) is 0 Å². The zero-order valence-electron chi connectivity index (χ0n) is 27.0. The number of anilines is 2. The first kappa shape index (κ1) is 34.2. The lowest BCUT2D eigenvalue weighted by molar-refractivity contribution is -0.117. The molecule has 238 valence electrons. The Bertz CT molecular complexity index is 1090. The number of nitrogens with one attached hydrogen (secondary N) is 2. The molecule has 8 nitrogen and oxygen atoms in total. The number of carbonyl (C=O) groups is 2. The Morgan fingerprint density at radius 2 is 0.864 bits per heavy atom. The molecule has 0 bridgehead atoms. The van der Waals surface area contributed by atoms with Gasteiger partial charge in [0.2, 0.25) is 11.8 Å². The third kappa shape index (κ3) is 11.1. The van der Waals surface area contributed by atoms with Gasteiger partial charge >= 0.3 is 14.2 Å². The molecule has 4 unspecified atom stereocenters. The average Bonchev–Trinajstić information content (AvgIpc) is 3.53. The molecule has 2 aromatic rings. The largest absolute Gasteiger partial charge is 0.494 e. The number of amides is 2. The van der Waals surface area contributed by atoms with Crippen molar-refractivity contribution in [3.63, 3.8) is 0 Å². The summed E-state index contributed by atoms with van der Waals surface area (Å²) in [5.74, 6) is 0.105. The van der Waals surface area contributed by atoms with Gasteiger partial charge in [0, 0.05) is 24.2 Å². The Morgan fingerprint density at radius 1 is 0.545 bits per heavy atom. The van der Waals surface area contributed by atoms with Gasteiger partial charge in [0.1, 0.15) is 0 Å². The summed E-state index contributed by atoms with van der Waals surface area (Å²) in [6.45, 7) is 8.03. The van der Waals surface area contributed by atoms with Crippen molar-refractivity contribution < 1.29 is 28.2 Å². The molecule has 2 N–H and O–H groups in total. The average molecular weight is 604 g/mol. The lowest BCUT2D eigenvalue weighted by Crippen LogP contribution is -2.32. The predicted octanol–water partition coefficient (Wildman–Crippen LogP) is 5.98. The van der Waals surface area contributed by atoms with E-state index in [9.17, 15) is 9.59 Å². The van der Waals surface area contributed by atoms with Crippen LogP contribution >= 0.6 is 0 Å². The van der Waals surface area contributed by atoms with Crippen molar-refractivity contribution in [3.8, 4) is 0 Å². The van der Waals surface area contributed by atoms with Crippen LogP contribution in [0.25, 0.3) is 0 Å². The smallest absolute Gasteiger partial charge is 0.402 e. The minimum Gasteiger partial charge on any atom is -0.402 e. The Balaban J connectivity index is 0.966. The van der Waals surface area contributed by atoms with E-state index in [1.54, 1.807) is 0 Å². The lowest BCUT2D eigenvalue weighted by Gasteiger charge is -2.09. The third-order valence-electron chi connectivity index (χ3n) is 8.62. The summed E-state index contributed by atoms with van der Waals surface area (Å²) in [6, 6.07) is 15.5. The molecule has 0 aromatic heterocycles. The number of hydrogen-bond donors (Lipinski definition) is 2. The highest BCUT2D eigenvalue weighted by Crippen LogP contribution is 2.19. The van der Waals surface area contributed by atoms with E-state index in [1.807, 2.05) is 76.2 Å². The number of hydrogen-bond acceptors (Lipinski definition) is 6. The Kier molecular flexibility index (Phi) is 13.8. The van der Waals surface area contributed by atoms with Crippen molar-refractivity contribution in [1.29, 1.82) is 0 Å². The monoisotopic (exact) mass is 604 g/mol. The second-order valence-electron chi connectivity index (χ2n) is 12.4. The summed E-state index contributed by atoms with van der Waals surface area (Å²) >= 11 is 0. The highest BCUT2D eigenvalue weighted by atomic mass is 16.7. The summed E-state index contributed by atoms with van der Waals surface area (Å²) in [5, 5.41) is 6.03. The highest BCUT2D eigenvalue weighted by molar-refractivity contribution is 6.62. The van der Waals surface area contributed by atoms with Gasteiger partial charge in [-0.3, -0.25) is 9.59 Å². The molecule has 2 heterocycles. The zero-order valence-corrected chi connectivity index (χ0v) is 27.0. The molecule has 0 aliphatic carbocycles. The van der Waals surface area contributed by atoms with Gasteiger partial charge in [-0.2, -0.15) is 0 Å². The van der Waals surface area contributed by atoms with E-state index in [1.165, 1.54) is 25.7 Å². The van der Waals surface area contributed by atoms with E-state index in [0.717, 1.165) is 60.8 Å². The van der Waals surface area contributed by atoms with Gasteiger partial charge in [0.05, 0.1) is 24.4 Å². The van der Waals surface area contributed by atoms with Gasteiger partial charge < -0.3 is 29.3 Å². The van der Waals surface area contributed by atoms with Crippen LogP contribution in [0, 0.1) is 0 Å². The van der Waals surface area contributed by atoms with Crippen LogP contribution in [-0.2, 0) is 28.2 Å². The molecule has 0 spiro atoms. The fourth-order valence-electron chi connectivity index (χ4n) is 5.56. The maximum atomic E-state index is 12.4. The van der Waals surface area contributed by atoms with Crippen LogP contribution in [0.15, 0.2) is 48.5 Å². The Morgan fingerprint density at radius 3 is 1.20 bits per heavy atom. The fraction of sp³-hybridized carbons (Fsp3) is 0.588. The second kappa shape index (κ2) is 17.7. The lowest BCUT2D eigenvalue weighted by atomic mass is 9.79. The molecular weight excluding hydrogens is 554 g/mol. The standard InChI is InChI=1S/C34H50B2N2O6/c1-25-26(2)42-35(41-25)29-17-15-19-31(23-29)37-33(39)21-13-11-9-7-5-6-8-10-12-14-22-34(40)38-32-20-16-18-30(24-32)36-43-27(3)28(4)44-36/h15-20,23-28H,5-14,21-22H2,1-4H3,(H,37,39)(H,38,40). The third-order valence-corrected chi connectivity index (χ3v) is 8.62. The molecule has 2 aliphatic rings. The minimum atomic E-state index is -0.375. The molecule has 10 heteroatoms. The Hall–Kier alpha value is -2.65. The van der Waals surface area contributed by atoms with Crippen molar-refractivity contribution in [3.05, 3.63) is 48.5 Å². The maximum Gasteiger partial charge on any atom is 0.494 e. The van der Waals surface area contributed by atoms with Gasteiger partial charge in [0.15, 0.2) is 0 Å². The van der Waals surface area contributed by atoms with Crippen LogP contribution in [0.5, 0.6) is 0 Å². The first-order valence-corrected chi connectivity index (χ1v) is 16.7. The Labute approximate surface area is 264 Å². The first-order chi connectivity index (χ1) is 21.3. The first-order valence-electron chi connectivity index (χ1n) is 16.7. The van der Waals surface area contributed by atoms with Crippen LogP contribution in [0.1, 0.15) is 105 Å². The fourth-order valence-corrected chi connectivity index (χ4v) is 5.56. The molecule has 0 saturated carbocycles. The predicted molar refractivity (Wildman–Crippen MR) is 179 cm³/mol. The SMILES string of the molecule is CC1OB(c2cccc(NC(=O)CCCCCCCCCCCCC(=O)Nc3cccc(B4OC(C)C(C)O4)c3)c2)OC1C. The van der Waals surface area contributed by atoms with Gasteiger partial charge in [0.25, 0.3) is 0 Å². The van der Waals surface area contributed by atoms with E-state index in [-0.39, 0.29) is 50.5 Å². The zero-order chi connectivity index (χ0) is 31.3. The molecule has 2 aromatic carbocycles. The molecule has 2 saturated heterocycles. The van der Waals surface area contributed by atoms with E-state index in [2.05, 4.69) is 10.6 Å². The number of benzene rings is 2. The topological polar surface area (TPSA) is 95.1 Å². The van der Waals surface area contributed by atoms with E-state index < -0.39 is 0 Å². The van der Waals surface area contributed by atoms with Crippen LogP contribution in [0.3, 0.4) is 0 Å². The van der Waals surface area contributed by atoms with Gasteiger partial charge in [-0.15, -0.1) is 0 Å². The van der Waals surface area contributed by atoms with Gasteiger partial charge in [-0.05, 0) is 75.7 Å². The van der Waals surface area contributed by atoms with Crippen molar-refractivity contribution in [2.45, 2.75) is 129 Å². The quantitative estimate of drug-likeness (QED) is 0.170. The molecular formula is C34H50B2N2O6. The van der Waals surface area contributed by atoms with Crippen molar-refractivity contribution in [2.75, 3.05) is 10.6 Å². The number of carbonyl (C=O) groups excluding carboxylic acids is 2. The molecule has 2 fully saturated rings. The molecule has 44 heavy (non-hydrogen) atoms. The van der Waals surface area contributed by atoms with Crippen LogP contribution < -0.4 is 21.6 Å². The molecule has 4 atom stereocenters. The summed E-state index contributed by atoms with van der Waals surface area (Å²) in [4.78, 5) is 24.8. The second-order valence-corrected chi connectivity index (χ2v) is 12.4. The van der Waals surface area contributed by atoms with E-state index in [4.69, 9.17) is 18.6 Å². The highest BCUT2D eigenvalue weighted by Gasteiger charge is 2.37. The molecule has 2 amide bonds. The van der Waals surface area contributed by atoms with Crippen molar-refractivity contribution in [2.24, 2.45) is 0 Å². The number of unbranched alkanes of at least 4 members (excludes halogenated alkanes) is 9. The summed E-state index contributed by atoms with van der Waals surface area (Å²) in [5.41, 5.74) is 3.43. The van der Waals surface area contributed by atoms with Crippen LogP contribution in [-0.4, -0.2) is 50.5 Å². The number of rotatable bonds is 17. The molecule has 4 rings (SSSR count). The summed E-state index contributed by atoms with van der Waals surface area (Å²) in [6.07, 6.45) is 12.4. The molecule has 0 radical (unpaired) electrons. The minimum absolute atomic E-state index is 0.0527. The van der Waals surface area contributed by atoms with E-state index >= 15 is 0 Å². The maximum absolute atomic E-state index is 12.4. The van der Waals surface area contributed by atoms with Crippen molar-refractivity contribution in [1.82, 2.24) is 0 Å². The van der Waals surface area contributed by atoms with Crippen LogP contribution in [0.4, 0.5) is 11.4 Å². The van der Waals surface area contributed by atoms with Gasteiger partial charge in [-0.25, -0.2) is 0 Å². The molecule has 2 aliphatic heterocycles. The van der Waals surface area contributed by atoms with E-state index in [0.29, 0.717) is 12.8 Å². The van der Waals surface area contributed by atoms with Gasteiger partial charge in [-0.1, -0.05) is 75.6 Å².